The number of halogens is 3. The number of benzene rings is 2. The van der Waals surface area contributed by atoms with E-state index in [2.05, 4.69) is 31.4 Å². The molecule has 2 rings (SSSR count). The van der Waals surface area contributed by atoms with Crippen molar-refractivity contribution in [3.05, 3.63) is 48.0 Å². The van der Waals surface area contributed by atoms with E-state index in [0.717, 1.165) is 72.6 Å². The van der Waals surface area contributed by atoms with E-state index < -0.39 is 11.7 Å². The zero-order valence-corrected chi connectivity index (χ0v) is 16.2. The summed E-state index contributed by atoms with van der Waals surface area (Å²) in [6.07, 6.45) is 0.0215. The molecule has 0 bridgehead atoms. The predicted octanol–water partition coefficient (Wildman–Crippen LogP) is 7.07. The summed E-state index contributed by atoms with van der Waals surface area (Å²) in [5, 5.41) is 0. The highest BCUT2D eigenvalue weighted by Gasteiger charge is 2.30. The van der Waals surface area contributed by atoms with E-state index in [0.29, 0.717) is 0 Å². The second-order valence-corrected chi connectivity index (χ2v) is 6.92. The van der Waals surface area contributed by atoms with Crippen LogP contribution < -0.4 is 4.90 Å². The van der Waals surface area contributed by atoms with Gasteiger partial charge < -0.3 is 4.90 Å². The maximum absolute atomic E-state index is 12.9. The van der Waals surface area contributed by atoms with Crippen LogP contribution in [0.1, 0.15) is 45.1 Å². The number of thiol groups is 1. The smallest absolute Gasteiger partial charge is 0.371 e. The SMILES string of the molecule is CCCCN(CCCC)c1cccc(S)c1-c1ccc(C(F)(F)F)cc1. The first kappa shape index (κ1) is 20.7. The molecule has 0 unspecified atom stereocenters. The van der Waals surface area contributed by atoms with Crippen LogP contribution in [0, 0.1) is 0 Å². The van der Waals surface area contributed by atoms with Gasteiger partial charge in [0.25, 0.3) is 0 Å². The molecule has 0 spiro atoms. The topological polar surface area (TPSA) is 3.24 Å². The van der Waals surface area contributed by atoms with Crippen molar-refractivity contribution < 1.29 is 13.2 Å². The summed E-state index contributed by atoms with van der Waals surface area (Å²) in [5.74, 6) is 0. The van der Waals surface area contributed by atoms with Crippen LogP contribution in [0.15, 0.2) is 47.4 Å². The number of anilines is 1. The molecule has 0 heterocycles. The zero-order chi connectivity index (χ0) is 19.2. The minimum Gasteiger partial charge on any atom is -0.371 e. The third-order valence-corrected chi connectivity index (χ3v) is 4.80. The molecule has 0 aliphatic heterocycles. The summed E-state index contributed by atoms with van der Waals surface area (Å²) in [7, 11) is 0. The van der Waals surface area contributed by atoms with E-state index in [9.17, 15) is 13.2 Å². The van der Waals surface area contributed by atoms with Crippen molar-refractivity contribution >= 4 is 18.3 Å². The zero-order valence-electron chi connectivity index (χ0n) is 15.3. The summed E-state index contributed by atoms with van der Waals surface area (Å²) >= 11 is 4.59. The number of nitrogens with zero attached hydrogens (tertiary/aromatic N) is 1. The maximum Gasteiger partial charge on any atom is 0.416 e. The van der Waals surface area contributed by atoms with E-state index in [1.54, 1.807) is 12.1 Å². The molecule has 0 saturated carbocycles. The molecule has 2 aromatic rings. The number of rotatable bonds is 8. The summed E-state index contributed by atoms with van der Waals surface area (Å²) < 4.78 is 38.6. The van der Waals surface area contributed by atoms with Crippen LogP contribution in [-0.2, 0) is 6.18 Å². The van der Waals surface area contributed by atoms with E-state index >= 15 is 0 Å². The van der Waals surface area contributed by atoms with Crippen LogP contribution in [0.5, 0.6) is 0 Å². The normalized spacial score (nSPS) is 11.6. The predicted molar refractivity (Wildman–Crippen MR) is 106 cm³/mol. The molecule has 142 valence electrons. The van der Waals surface area contributed by atoms with Crippen LogP contribution in [0.4, 0.5) is 18.9 Å². The summed E-state index contributed by atoms with van der Waals surface area (Å²) in [6, 6.07) is 11.2. The molecule has 0 aromatic heterocycles. The molecule has 0 aliphatic rings. The molecule has 0 radical (unpaired) electrons. The highest BCUT2D eigenvalue weighted by Crippen LogP contribution is 2.38. The van der Waals surface area contributed by atoms with Gasteiger partial charge in [-0.2, -0.15) is 13.2 Å². The van der Waals surface area contributed by atoms with Crippen LogP contribution >= 0.6 is 12.6 Å². The fourth-order valence-corrected chi connectivity index (χ4v) is 3.29. The molecule has 26 heavy (non-hydrogen) atoms. The Labute approximate surface area is 159 Å². The molecule has 1 nitrogen and oxygen atoms in total. The number of alkyl halides is 3. The molecule has 0 saturated heterocycles. The van der Waals surface area contributed by atoms with Crippen molar-refractivity contribution in [2.24, 2.45) is 0 Å². The Morgan fingerprint density at radius 2 is 1.46 bits per heavy atom. The van der Waals surface area contributed by atoms with Crippen LogP contribution in [0.2, 0.25) is 0 Å². The summed E-state index contributed by atoms with van der Waals surface area (Å²) in [5.41, 5.74) is 2.07. The molecular formula is C21H26F3NS. The number of unbranched alkanes of at least 4 members (excludes halogenated alkanes) is 2. The van der Waals surface area contributed by atoms with Gasteiger partial charge in [0.05, 0.1) is 5.56 Å². The van der Waals surface area contributed by atoms with Gasteiger partial charge in [-0.1, -0.05) is 44.9 Å². The van der Waals surface area contributed by atoms with Crippen molar-refractivity contribution in [3.8, 4) is 11.1 Å². The molecule has 0 aliphatic carbocycles. The fourth-order valence-electron chi connectivity index (χ4n) is 2.96. The molecule has 0 N–H and O–H groups in total. The van der Waals surface area contributed by atoms with E-state index in [1.807, 2.05) is 18.2 Å². The first-order valence-corrected chi connectivity index (χ1v) is 9.57. The number of hydrogen-bond donors (Lipinski definition) is 1. The lowest BCUT2D eigenvalue weighted by Gasteiger charge is -2.28. The molecule has 2 aromatic carbocycles. The van der Waals surface area contributed by atoms with Gasteiger partial charge in [-0.15, -0.1) is 12.6 Å². The van der Waals surface area contributed by atoms with E-state index in [1.165, 1.54) is 0 Å². The molecular weight excluding hydrogens is 355 g/mol. The maximum atomic E-state index is 12.9. The molecule has 0 atom stereocenters. The first-order valence-electron chi connectivity index (χ1n) is 9.13. The monoisotopic (exact) mass is 381 g/mol. The third-order valence-electron chi connectivity index (χ3n) is 4.43. The Morgan fingerprint density at radius 1 is 0.885 bits per heavy atom. The van der Waals surface area contributed by atoms with Gasteiger partial charge in [-0.05, 0) is 42.7 Å². The minimum atomic E-state index is -4.32. The Hall–Kier alpha value is -1.62. The van der Waals surface area contributed by atoms with Crippen LogP contribution in [0.25, 0.3) is 11.1 Å². The van der Waals surface area contributed by atoms with E-state index in [4.69, 9.17) is 0 Å². The Bertz CT molecular complexity index is 687. The van der Waals surface area contributed by atoms with Crippen molar-refractivity contribution in [2.45, 2.75) is 50.6 Å². The van der Waals surface area contributed by atoms with Crippen molar-refractivity contribution in [2.75, 3.05) is 18.0 Å². The Balaban J connectivity index is 2.44. The quantitative estimate of drug-likeness (QED) is 0.479. The third kappa shape index (κ3) is 5.19. The lowest BCUT2D eigenvalue weighted by molar-refractivity contribution is -0.137. The summed E-state index contributed by atoms with van der Waals surface area (Å²) in [4.78, 5) is 3.11. The summed E-state index contributed by atoms with van der Waals surface area (Å²) in [6.45, 7) is 6.18. The van der Waals surface area contributed by atoms with Gasteiger partial charge in [-0.3, -0.25) is 0 Å². The highest BCUT2D eigenvalue weighted by molar-refractivity contribution is 7.80. The molecule has 0 fully saturated rings. The molecule has 0 amide bonds. The van der Waals surface area contributed by atoms with Crippen molar-refractivity contribution in [1.82, 2.24) is 0 Å². The average Bonchev–Trinajstić information content (AvgIpc) is 2.61. The van der Waals surface area contributed by atoms with Crippen molar-refractivity contribution in [3.63, 3.8) is 0 Å². The fraction of sp³-hybridized carbons (Fsp3) is 0.429. The van der Waals surface area contributed by atoms with Crippen molar-refractivity contribution in [1.29, 1.82) is 0 Å². The second kappa shape index (κ2) is 9.36. The van der Waals surface area contributed by atoms with Gasteiger partial charge >= 0.3 is 6.18 Å². The van der Waals surface area contributed by atoms with E-state index in [-0.39, 0.29) is 0 Å². The largest absolute Gasteiger partial charge is 0.416 e. The average molecular weight is 382 g/mol. The van der Waals surface area contributed by atoms with Gasteiger partial charge in [0.1, 0.15) is 0 Å². The van der Waals surface area contributed by atoms with Gasteiger partial charge in [0, 0.05) is 29.2 Å². The second-order valence-electron chi connectivity index (χ2n) is 6.44. The Kier molecular flexibility index (Phi) is 7.44. The lowest BCUT2D eigenvalue weighted by Crippen LogP contribution is -2.26. The number of hydrogen-bond acceptors (Lipinski definition) is 2. The van der Waals surface area contributed by atoms with Crippen LogP contribution in [-0.4, -0.2) is 13.1 Å². The van der Waals surface area contributed by atoms with Gasteiger partial charge in [0.2, 0.25) is 0 Å². The first-order chi connectivity index (χ1) is 12.4. The standard InChI is InChI=1S/C21H26F3NS/c1-3-5-14-25(15-6-4-2)18-8-7-9-19(26)20(18)16-10-12-17(13-11-16)21(22,23)24/h7-13,26H,3-6,14-15H2,1-2H3. The van der Waals surface area contributed by atoms with Gasteiger partial charge in [-0.25, -0.2) is 0 Å². The molecule has 5 heteroatoms. The minimum absolute atomic E-state index is 0.631. The lowest BCUT2D eigenvalue weighted by atomic mass is 10.0. The highest BCUT2D eigenvalue weighted by atomic mass is 32.1. The van der Waals surface area contributed by atoms with Gasteiger partial charge in [0.15, 0.2) is 0 Å². The Morgan fingerprint density at radius 3 is 1.96 bits per heavy atom. The van der Waals surface area contributed by atoms with Crippen LogP contribution in [0.3, 0.4) is 0 Å².